The Morgan fingerprint density at radius 3 is 1.22 bits per heavy atom. The second-order valence-electron chi connectivity index (χ2n) is 1.58. The first-order chi connectivity index (χ1) is 3.46. The van der Waals surface area contributed by atoms with Gasteiger partial charge in [0.2, 0.25) is 0 Å². The number of thiol groups is 1. The molecule has 0 aliphatic carbocycles. The molecule has 0 aliphatic heterocycles. The molecule has 0 radical (unpaired) electrons. The Bertz CT molecular complexity index is 92.5. The van der Waals surface area contributed by atoms with Gasteiger partial charge in [-0.3, -0.25) is 4.55 Å². The highest BCUT2D eigenvalue weighted by molar-refractivity contribution is 14.0. The zero-order valence-corrected chi connectivity index (χ0v) is 8.79. The summed E-state index contributed by atoms with van der Waals surface area (Å²) in [5.74, 6) is 0. The molecule has 9 heavy (non-hydrogen) atoms. The van der Waals surface area contributed by atoms with Crippen molar-refractivity contribution in [3.63, 3.8) is 0 Å². The summed E-state index contributed by atoms with van der Waals surface area (Å²) in [6, 6.07) is 0. The van der Waals surface area contributed by atoms with E-state index in [9.17, 15) is 0 Å². The van der Waals surface area contributed by atoms with Crippen LogP contribution in [0.4, 0.5) is 0 Å². The van der Waals surface area contributed by atoms with Crippen molar-refractivity contribution < 1.29 is 13.0 Å². The van der Waals surface area contributed by atoms with Crippen LogP contribution in [-0.2, 0) is 11.0 Å². The molecule has 0 aromatic rings. The molecule has 0 amide bonds. The fourth-order valence-electron chi connectivity index (χ4n) is 0. The summed E-state index contributed by atoms with van der Waals surface area (Å²) in [4.78, 5) is 2.00. The van der Waals surface area contributed by atoms with E-state index in [-0.39, 0.29) is 24.0 Å². The first-order valence-electron chi connectivity index (χ1n) is 1.91. The van der Waals surface area contributed by atoms with E-state index in [0.29, 0.717) is 0 Å². The van der Waals surface area contributed by atoms with Gasteiger partial charge in [-0.05, 0) is 21.1 Å². The highest BCUT2D eigenvalue weighted by Gasteiger charge is 1.58. The monoisotopic (exact) mass is 269 g/mol. The molecule has 6 heteroatoms. The number of hydrogen-bond acceptors (Lipinski definition) is 3. The van der Waals surface area contributed by atoms with Crippen LogP contribution >= 0.6 is 24.0 Å². The number of nitrogens with zero attached hydrogens (tertiary/aromatic N) is 1. The minimum absolute atomic E-state index is 0. The third-order valence-corrected chi connectivity index (χ3v) is 0. The van der Waals surface area contributed by atoms with Gasteiger partial charge >= 0.3 is 0 Å². The molecule has 0 aromatic carbocycles. The van der Waals surface area contributed by atoms with Gasteiger partial charge < -0.3 is 4.90 Å². The van der Waals surface area contributed by atoms with E-state index in [4.69, 9.17) is 13.0 Å². The normalized spacial score (nSPS) is 7.78. The van der Waals surface area contributed by atoms with Gasteiger partial charge in [-0.2, -0.15) is 0 Å². The maximum absolute atomic E-state index is 8.59. The summed E-state index contributed by atoms with van der Waals surface area (Å²) in [6.07, 6.45) is 0. The Morgan fingerprint density at radius 1 is 1.22 bits per heavy atom. The molecule has 4 nitrogen and oxygen atoms in total. The van der Waals surface area contributed by atoms with Crippen molar-refractivity contribution in [2.45, 2.75) is 0 Å². The Hall–Kier alpha value is 0.600. The molecule has 60 valence electrons. The van der Waals surface area contributed by atoms with Crippen LogP contribution in [0.3, 0.4) is 0 Å². The molecule has 0 saturated carbocycles. The SMILES string of the molecule is CN(C)C.I.O=[SH](=O)O. The van der Waals surface area contributed by atoms with Crippen molar-refractivity contribution in [2.24, 2.45) is 0 Å². The van der Waals surface area contributed by atoms with Crippen LogP contribution in [-0.4, -0.2) is 39.0 Å². The van der Waals surface area contributed by atoms with Crippen LogP contribution in [0.15, 0.2) is 0 Å². The van der Waals surface area contributed by atoms with Crippen molar-refractivity contribution in [3.8, 4) is 0 Å². The third kappa shape index (κ3) is 1040. The lowest BCUT2D eigenvalue weighted by Gasteiger charge is -1.90. The van der Waals surface area contributed by atoms with Gasteiger partial charge in [-0.15, -0.1) is 24.0 Å². The first-order valence-corrected chi connectivity index (χ1v) is 3.04. The minimum Gasteiger partial charge on any atom is -0.312 e. The molecule has 0 aliphatic rings. The topological polar surface area (TPSA) is 57.6 Å². The molecule has 0 fully saturated rings. The van der Waals surface area contributed by atoms with E-state index < -0.39 is 11.0 Å². The maximum Gasteiger partial charge on any atom is 0.254 e. The molecular weight excluding hydrogens is 257 g/mol. The van der Waals surface area contributed by atoms with Crippen molar-refractivity contribution in [2.75, 3.05) is 21.1 Å². The van der Waals surface area contributed by atoms with Gasteiger partial charge in [-0.25, -0.2) is 8.42 Å². The van der Waals surface area contributed by atoms with Crippen LogP contribution in [0.5, 0.6) is 0 Å². The Labute approximate surface area is 74.0 Å². The summed E-state index contributed by atoms with van der Waals surface area (Å²) in [5.41, 5.74) is 0. The molecule has 0 spiro atoms. The summed E-state index contributed by atoms with van der Waals surface area (Å²) < 4.78 is 24.2. The number of hydrogen-bond donors (Lipinski definition) is 2. The average molecular weight is 269 g/mol. The third-order valence-electron chi connectivity index (χ3n) is 0. The lowest BCUT2D eigenvalue weighted by Crippen LogP contribution is -1.99. The Morgan fingerprint density at radius 2 is 1.22 bits per heavy atom. The quantitative estimate of drug-likeness (QED) is 0.365. The fraction of sp³-hybridized carbons (Fsp3) is 1.00. The van der Waals surface area contributed by atoms with Crippen LogP contribution in [0.2, 0.25) is 0 Å². The van der Waals surface area contributed by atoms with Crippen molar-refractivity contribution in [1.29, 1.82) is 0 Å². The lowest BCUT2D eigenvalue weighted by atomic mass is 11.0. The molecule has 0 bridgehead atoms. The number of halogens is 1. The summed E-state index contributed by atoms with van der Waals surface area (Å²) >= 11 is 0. The molecule has 0 heterocycles. The standard InChI is InChI=1S/C3H9N.HI.H2O3S/c1-4(2)3;;1-4(2)3/h1-3H3;1H;4H,(H,1,2,3). The van der Waals surface area contributed by atoms with E-state index in [1.807, 2.05) is 26.0 Å². The Kier molecular flexibility index (Phi) is 20.7. The summed E-state index contributed by atoms with van der Waals surface area (Å²) in [6.45, 7) is 0. The molecule has 1 N–H and O–H groups in total. The Balaban J connectivity index is -0.0000000720. The van der Waals surface area contributed by atoms with Crippen LogP contribution in [0, 0.1) is 0 Å². The molecule has 0 rings (SSSR count). The van der Waals surface area contributed by atoms with Gasteiger partial charge in [0.1, 0.15) is 0 Å². The second kappa shape index (κ2) is 11.4. The first kappa shape index (κ1) is 16.3. The molecular formula is C3H12INO3S. The van der Waals surface area contributed by atoms with Gasteiger partial charge in [0.15, 0.2) is 0 Å². The highest BCUT2D eigenvalue weighted by Crippen LogP contribution is 1.47. The molecule has 0 atom stereocenters. The average Bonchev–Trinajstić information content (AvgIpc) is 1.25. The van der Waals surface area contributed by atoms with Crippen molar-refractivity contribution in [1.82, 2.24) is 4.90 Å². The highest BCUT2D eigenvalue weighted by atomic mass is 127. The number of rotatable bonds is 0. The van der Waals surface area contributed by atoms with E-state index in [2.05, 4.69) is 0 Å². The predicted molar refractivity (Wildman–Crippen MR) is 48.0 cm³/mol. The maximum atomic E-state index is 8.59. The lowest BCUT2D eigenvalue weighted by molar-refractivity contribution is 0.505. The van der Waals surface area contributed by atoms with Crippen LogP contribution in [0.1, 0.15) is 0 Å². The van der Waals surface area contributed by atoms with E-state index in [1.165, 1.54) is 0 Å². The summed E-state index contributed by atoms with van der Waals surface area (Å²) in [5, 5.41) is 0. The van der Waals surface area contributed by atoms with E-state index >= 15 is 0 Å². The largest absolute Gasteiger partial charge is 0.312 e. The predicted octanol–water partition coefficient (Wildman–Crippen LogP) is -0.133. The second-order valence-corrected chi connectivity index (χ2v) is 2.06. The molecule has 0 unspecified atom stereocenters. The molecule has 0 aromatic heterocycles. The van der Waals surface area contributed by atoms with Crippen molar-refractivity contribution >= 4 is 35.0 Å². The van der Waals surface area contributed by atoms with Crippen LogP contribution < -0.4 is 0 Å². The zero-order chi connectivity index (χ0) is 7.15. The van der Waals surface area contributed by atoms with Crippen molar-refractivity contribution in [3.05, 3.63) is 0 Å². The van der Waals surface area contributed by atoms with Gasteiger partial charge in [0.25, 0.3) is 11.0 Å². The van der Waals surface area contributed by atoms with E-state index in [1.54, 1.807) is 0 Å². The van der Waals surface area contributed by atoms with E-state index in [0.717, 1.165) is 0 Å². The zero-order valence-electron chi connectivity index (χ0n) is 5.57. The smallest absolute Gasteiger partial charge is 0.254 e. The summed E-state index contributed by atoms with van der Waals surface area (Å²) in [7, 11) is 2.88. The van der Waals surface area contributed by atoms with Gasteiger partial charge in [0, 0.05) is 0 Å². The van der Waals surface area contributed by atoms with Gasteiger partial charge in [0.05, 0.1) is 0 Å². The minimum atomic E-state index is -3.12. The van der Waals surface area contributed by atoms with Crippen LogP contribution in [0.25, 0.3) is 0 Å². The molecule has 0 saturated heterocycles. The van der Waals surface area contributed by atoms with Gasteiger partial charge in [-0.1, -0.05) is 0 Å². The fourth-order valence-corrected chi connectivity index (χ4v) is 0.